The van der Waals surface area contributed by atoms with E-state index < -0.39 is 26.6 Å². The molecular weight excluding hydrogens is 344 g/mol. The highest BCUT2D eigenvalue weighted by Gasteiger charge is 2.20. The van der Waals surface area contributed by atoms with Crippen molar-refractivity contribution in [3.05, 3.63) is 35.7 Å². The third kappa shape index (κ3) is 4.11. The van der Waals surface area contributed by atoms with Crippen LogP contribution in [-0.4, -0.2) is 44.6 Å². The molecule has 0 spiro atoms. The van der Waals surface area contributed by atoms with Crippen molar-refractivity contribution in [3.8, 4) is 6.01 Å². The summed E-state index contributed by atoms with van der Waals surface area (Å²) in [4.78, 5) is 12.7. The maximum atomic E-state index is 13.6. The number of benzene rings is 1. The zero-order chi connectivity index (χ0) is 17.9. The lowest BCUT2D eigenvalue weighted by Gasteiger charge is -2.12. The van der Waals surface area contributed by atoms with Crippen molar-refractivity contribution in [2.75, 3.05) is 26.1 Å². The van der Waals surface area contributed by atoms with Gasteiger partial charge in [-0.3, -0.25) is 0 Å². The summed E-state index contributed by atoms with van der Waals surface area (Å²) in [5, 5.41) is 0. The van der Waals surface area contributed by atoms with Gasteiger partial charge < -0.3 is 9.64 Å². The van der Waals surface area contributed by atoms with Crippen LogP contribution in [0.5, 0.6) is 6.01 Å². The van der Waals surface area contributed by atoms with Crippen LogP contribution >= 0.6 is 0 Å². The Morgan fingerprint density at radius 3 is 2.54 bits per heavy atom. The lowest BCUT2D eigenvalue weighted by Crippen LogP contribution is -2.26. The largest absolute Gasteiger partial charge is 0.467 e. The number of anilines is 1. The van der Waals surface area contributed by atoms with Crippen molar-refractivity contribution >= 4 is 16.0 Å². The minimum Gasteiger partial charge on any atom is -0.467 e. The first-order chi connectivity index (χ1) is 11.2. The van der Waals surface area contributed by atoms with Gasteiger partial charge in [-0.2, -0.15) is 15.0 Å². The highest BCUT2D eigenvalue weighted by molar-refractivity contribution is 7.89. The molecule has 1 aromatic carbocycles. The molecule has 0 unspecified atom stereocenters. The zero-order valence-electron chi connectivity index (χ0n) is 13.1. The van der Waals surface area contributed by atoms with E-state index in [9.17, 15) is 17.2 Å². The summed E-state index contributed by atoms with van der Waals surface area (Å²) in [5.41, 5.74) is 0. The van der Waals surface area contributed by atoms with Crippen molar-refractivity contribution in [2.45, 2.75) is 11.4 Å². The third-order valence-corrected chi connectivity index (χ3v) is 4.25. The average Bonchev–Trinajstić information content (AvgIpc) is 2.54. The van der Waals surface area contributed by atoms with Crippen molar-refractivity contribution in [3.63, 3.8) is 0 Å². The molecule has 0 radical (unpaired) electrons. The van der Waals surface area contributed by atoms with Crippen molar-refractivity contribution in [1.82, 2.24) is 19.7 Å². The molecule has 0 fully saturated rings. The summed E-state index contributed by atoms with van der Waals surface area (Å²) in [6.45, 7) is -0.349. The molecule has 1 aromatic heterocycles. The van der Waals surface area contributed by atoms with Crippen LogP contribution in [0.3, 0.4) is 0 Å². The summed E-state index contributed by atoms with van der Waals surface area (Å²) < 4.78 is 58.1. The van der Waals surface area contributed by atoms with Gasteiger partial charge in [-0.25, -0.2) is 21.9 Å². The summed E-state index contributed by atoms with van der Waals surface area (Å²) in [5.74, 6) is -1.61. The minimum atomic E-state index is -4.28. The Hall–Kier alpha value is -2.40. The topological polar surface area (TPSA) is 97.3 Å². The van der Waals surface area contributed by atoms with E-state index in [-0.39, 0.29) is 24.3 Å². The van der Waals surface area contributed by atoms with Gasteiger partial charge in [0, 0.05) is 14.1 Å². The lowest BCUT2D eigenvalue weighted by molar-refractivity contribution is 0.375. The van der Waals surface area contributed by atoms with Gasteiger partial charge in [0.05, 0.1) is 13.7 Å². The second kappa shape index (κ2) is 7.01. The monoisotopic (exact) mass is 359 g/mol. The molecule has 24 heavy (non-hydrogen) atoms. The Morgan fingerprint density at radius 2 is 1.92 bits per heavy atom. The van der Waals surface area contributed by atoms with E-state index in [2.05, 4.69) is 19.7 Å². The van der Waals surface area contributed by atoms with E-state index in [1.807, 2.05) is 0 Å². The van der Waals surface area contributed by atoms with Gasteiger partial charge in [0.1, 0.15) is 16.5 Å². The number of nitrogens with zero attached hydrogens (tertiary/aromatic N) is 4. The Kier molecular flexibility index (Phi) is 5.24. The third-order valence-electron chi connectivity index (χ3n) is 2.84. The number of halogens is 2. The Balaban J connectivity index is 2.26. The van der Waals surface area contributed by atoms with Gasteiger partial charge in [-0.15, -0.1) is 0 Å². The quantitative estimate of drug-likeness (QED) is 0.811. The van der Waals surface area contributed by atoms with E-state index in [4.69, 9.17) is 4.74 Å². The van der Waals surface area contributed by atoms with Gasteiger partial charge in [-0.05, 0) is 18.2 Å². The molecule has 0 amide bonds. The molecule has 130 valence electrons. The van der Waals surface area contributed by atoms with Crippen LogP contribution in [0, 0.1) is 11.6 Å². The maximum absolute atomic E-state index is 13.6. The lowest BCUT2D eigenvalue weighted by atomic mass is 10.3. The van der Waals surface area contributed by atoms with Crippen LogP contribution < -0.4 is 14.4 Å². The molecule has 0 atom stereocenters. The number of hydrogen-bond acceptors (Lipinski definition) is 7. The smallest absolute Gasteiger partial charge is 0.321 e. The first-order valence-corrected chi connectivity index (χ1v) is 8.12. The maximum Gasteiger partial charge on any atom is 0.321 e. The number of hydrogen-bond donors (Lipinski definition) is 1. The molecule has 8 nitrogen and oxygen atoms in total. The molecule has 0 saturated heterocycles. The molecule has 0 aliphatic carbocycles. The van der Waals surface area contributed by atoms with Crippen LogP contribution in [0.1, 0.15) is 5.82 Å². The van der Waals surface area contributed by atoms with Gasteiger partial charge >= 0.3 is 6.01 Å². The minimum absolute atomic E-state index is 0.000154. The first kappa shape index (κ1) is 17.9. The summed E-state index contributed by atoms with van der Waals surface area (Å²) in [7, 11) is 0.439. The SMILES string of the molecule is COc1nc(CNS(=O)(=O)c2cc(F)ccc2F)nc(N(C)C)n1. The number of aromatic nitrogens is 3. The second-order valence-electron chi connectivity index (χ2n) is 4.83. The van der Waals surface area contributed by atoms with Gasteiger partial charge in [-0.1, -0.05) is 0 Å². The van der Waals surface area contributed by atoms with E-state index in [1.165, 1.54) is 7.11 Å². The first-order valence-electron chi connectivity index (χ1n) is 6.64. The van der Waals surface area contributed by atoms with Crippen molar-refractivity contribution in [1.29, 1.82) is 0 Å². The zero-order valence-corrected chi connectivity index (χ0v) is 13.9. The van der Waals surface area contributed by atoms with E-state index in [0.29, 0.717) is 6.07 Å². The van der Waals surface area contributed by atoms with Crippen LogP contribution in [-0.2, 0) is 16.6 Å². The van der Waals surface area contributed by atoms with Gasteiger partial charge in [0.25, 0.3) is 0 Å². The van der Waals surface area contributed by atoms with Crippen LogP contribution in [0.4, 0.5) is 14.7 Å². The van der Waals surface area contributed by atoms with Gasteiger partial charge in [0.2, 0.25) is 16.0 Å². The number of nitrogens with one attached hydrogen (secondary N) is 1. The summed E-state index contributed by atoms with van der Waals surface area (Å²) >= 11 is 0. The predicted octanol–water partition coefficient (Wildman–Crippen LogP) is 0.703. The number of rotatable bonds is 6. The van der Waals surface area contributed by atoms with E-state index in [1.54, 1.807) is 19.0 Å². The normalized spacial score (nSPS) is 11.4. The highest BCUT2D eigenvalue weighted by atomic mass is 32.2. The van der Waals surface area contributed by atoms with Crippen LogP contribution in [0.25, 0.3) is 0 Å². The summed E-state index contributed by atoms with van der Waals surface area (Å²) in [6.07, 6.45) is 0. The van der Waals surface area contributed by atoms with E-state index in [0.717, 1.165) is 12.1 Å². The molecule has 0 saturated carbocycles. The molecule has 2 rings (SSSR count). The van der Waals surface area contributed by atoms with Crippen molar-refractivity contribution < 1.29 is 21.9 Å². The molecule has 1 heterocycles. The van der Waals surface area contributed by atoms with Crippen molar-refractivity contribution in [2.24, 2.45) is 0 Å². The highest BCUT2D eigenvalue weighted by Crippen LogP contribution is 2.16. The molecule has 0 aliphatic heterocycles. The van der Waals surface area contributed by atoms with Crippen LogP contribution in [0.2, 0.25) is 0 Å². The molecule has 11 heteroatoms. The van der Waals surface area contributed by atoms with Crippen LogP contribution in [0.15, 0.2) is 23.1 Å². The molecule has 0 bridgehead atoms. The molecule has 2 aromatic rings. The number of ether oxygens (including phenoxy) is 1. The Morgan fingerprint density at radius 1 is 1.21 bits per heavy atom. The average molecular weight is 359 g/mol. The second-order valence-corrected chi connectivity index (χ2v) is 6.57. The van der Waals surface area contributed by atoms with Gasteiger partial charge in [0.15, 0.2) is 5.82 Å². The fraction of sp³-hybridized carbons (Fsp3) is 0.308. The Labute approximate surface area is 137 Å². The number of methoxy groups -OCH3 is 1. The molecule has 0 aliphatic rings. The number of sulfonamides is 1. The van der Waals surface area contributed by atoms with E-state index >= 15 is 0 Å². The predicted molar refractivity (Wildman–Crippen MR) is 81.1 cm³/mol. The fourth-order valence-corrected chi connectivity index (χ4v) is 2.74. The fourth-order valence-electron chi connectivity index (χ4n) is 1.68. The summed E-state index contributed by atoms with van der Waals surface area (Å²) in [6, 6.07) is 2.16. The standard InChI is InChI=1S/C13H15F2N5O3S/c1-20(2)12-17-11(18-13(19-12)23-3)7-16-24(21,22)10-6-8(14)4-5-9(10)15/h4-6,16H,7H2,1-3H3. The molecular formula is C13H15F2N5O3S. The molecule has 1 N–H and O–H groups in total. The Bertz CT molecular complexity index is 845.